The van der Waals surface area contributed by atoms with Crippen LogP contribution in [0.1, 0.15) is 50.5 Å². The van der Waals surface area contributed by atoms with E-state index in [0.717, 1.165) is 25.5 Å². The van der Waals surface area contributed by atoms with Crippen LogP contribution in [0.3, 0.4) is 0 Å². The summed E-state index contributed by atoms with van der Waals surface area (Å²) in [6.07, 6.45) is 11.3. The fourth-order valence-electron chi connectivity index (χ4n) is 3.69. The molecule has 22 heavy (non-hydrogen) atoms. The molecule has 122 valence electrons. The molecule has 2 heterocycles. The summed E-state index contributed by atoms with van der Waals surface area (Å²) in [6.45, 7) is 3.20. The largest absolute Gasteiger partial charge is 0.380 e. The average molecular weight is 303 g/mol. The van der Waals surface area contributed by atoms with Gasteiger partial charge < -0.3 is 15.0 Å². The van der Waals surface area contributed by atoms with Crippen molar-refractivity contribution in [3.8, 4) is 0 Å². The molecule has 1 aromatic heterocycles. The summed E-state index contributed by atoms with van der Waals surface area (Å²) in [5.41, 5.74) is 1.27. The predicted molar refractivity (Wildman–Crippen MR) is 90.2 cm³/mol. The van der Waals surface area contributed by atoms with Crippen molar-refractivity contribution in [3.05, 3.63) is 23.9 Å². The smallest absolute Gasteiger partial charge is 0.128 e. The van der Waals surface area contributed by atoms with Crippen LogP contribution in [0.5, 0.6) is 0 Å². The zero-order valence-corrected chi connectivity index (χ0v) is 13.8. The first-order chi connectivity index (χ1) is 10.9. The summed E-state index contributed by atoms with van der Waals surface area (Å²) in [7, 11) is 1.84. The molecular weight excluding hydrogens is 274 g/mol. The summed E-state index contributed by atoms with van der Waals surface area (Å²) in [5, 5.41) is 3.69. The number of nitrogens with one attached hydrogen (secondary N) is 1. The number of pyridine rings is 1. The Balaban J connectivity index is 1.53. The fraction of sp³-hybridized carbons (Fsp3) is 0.722. The normalized spacial score (nSPS) is 26.1. The van der Waals surface area contributed by atoms with Crippen molar-refractivity contribution in [3.63, 3.8) is 0 Å². The van der Waals surface area contributed by atoms with Crippen LogP contribution in [0.25, 0.3) is 0 Å². The maximum atomic E-state index is 5.67. The molecule has 0 amide bonds. The Hall–Kier alpha value is -1.13. The van der Waals surface area contributed by atoms with Gasteiger partial charge in [0.25, 0.3) is 0 Å². The molecule has 0 unspecified atom stereocenters. The second-order valence-electron chi connectivity index (χ2n) is 6.62. The number of anilines is 1. The lowest BCUT2D eigenvalue weighted by Gasteiger charge is -2.25. The van der Waals surface area contributed by atoms with Crippen LogP contribution >= 0.6 is 0 Å². The van der Waals surface area contributed by atoms with Crippen molar-refractivity contribution < 1.29 is 4.74 Å². The van der Waals surface area contributed by atoms with Crippen LogP contribution < -0.4 is 10.2 Å². The molecule has 4 nitrogen and oxygen atoms in total. The van der Waals surface area contributed by atoms with E-state index >= 15 is 0 Å². The first-order valence-electron chi connectivity index (χ1n) is 8.83. The Bertz CT molecular complexity index is 442. The third-order valence-electron chi connectivity index (χ3n) is 5.06. The van der Waals surface area contributed by atoms with Crippen LogP contribution in [0.4, 0.5) is 5.82 Å². The molecule has 0 aromatic carbocycles. The third-order valence-corrected chi connectivity index (χ3v) is 5.06. The zero-order valence-electron chi connectivity index (χ0n) is 13.8. The maximum absolute atomic E-state index is 5.67. The lowest BCUT2D eigenvalue weighted by Crippen LogP contribution is -2.39. The van der Waals surface area contributed by atoms with Gasteiger partial charge >= 0.3 is 0 Å². The minimum Gasteiger partial charge on any atom is -0.380 e. The van der Waals surface area contributed by atoms with E-state index in [9.17, 15) is 0 Å². The van der Waals surface area contributed by atoms with Crippen LogP contribution in [0, 0.1) is 0 Å². The topological polar surface area (TPSA) is 37.4 Å². The van der Waals surface area contributed by atoms with Crippen molar-refractivity contribution in [2.45, 2.75) is 63.6 Å². The molecule has 2 atom stereocenters. The molecule has 1 aliphatic carbocycles. The molecule has 1 N–H and O–H groups in total. The van der Waals surface area contributed by atoms with Crippen LogP contribution in [-0.2, 0) is 11.3 Å². The molecule has 1 saturated carbocycles. The molecule has 4 heteroatoms. The summed E-state index contributed by atoms with van der Waals surface area (Å²) in [6, 6.07) is 4.86. The lowest BCUT2D eigenvalue weighted by atomic mass is 10.1. The van der Waals surface area contributed by atoms with E-state index in [-0.39, 0.29) is 0 Å². The molecule has 2 fully saturated rings. The number of methoxy groups -OCH3 is 1. The average Bonchev–Trinajstić information content (AvgIpc) is 3.00. The zero-order chi connectivity index (χ0) is 15.2. The molecule has 1 aliphatic heterocycles. The minimum absolute atomic E-state index is 0.360. The molecule has 3 rings (SSSR count). The minimum atomic E-state index is 0.360. The first kappa shape index (κ1) is 15.8. The van der Waals surface area contributed by atoms with Gasteiger partial charge in [-0.25, -0.2) is 4.98 Å². The highest BCUT2D eigenvalue weighted by Crippen LogP contribution is 2.21. The van der Waals surface area contributed by atoms with Gasteiger partial charge in [-0.3, -0.25) is 0 Å². The Morgan fingerprint density at radius 1 is 1.14 bits per heavy atom. The van der Waals surface area contributed by atoms with Crippen LogP contribution in [0.15, 0.2) is 18.3 Å². The molecule has 2 aliphatic rings. The van der Waals surface area contributed by atoms with Crippen LogP contribution in [-0.4, -0.2) is 37.3 Å². The number of hydrogen-bond donors (Lipinski definition) is 1. The Labute approximate surface area is 134 Å². The van der Waals surface area contributed by atoms with E-state index in [1.807, 2.05) is 13.3 Å². The number of ether oxygens (including phenoxy) is 1. The van der Waals surface area contributed by atoms with Crippen molar-refractivity contribution in [2.24, 2.45) is 0 Å². The van der Waals surface area contributed by atoms with Gasteiger partial charge in [0.1, 0.15) is 5.82 Å². The van der Waals surface area contributed by atoms with Gasteiger partial charge in [0.15, 0.2) is 0 Å². The molecule has 0 radical (unpaired) electrons. The number of nitrogens with zero attached hydrogens (tertiary/aromatic N) is 2. The first-order valence-corrected chi connectivity index (χ1v) is 8.83. The van der Waals surface area contributed by atoms with Crippen molar-refractivity contribution in [2.75, 3.05) is 25.1 Å². The Kier molecular flexibility index (Phi) is 5.68. The molecule has 1 saturated heterocycles. The molecule has 0 bridgehead atoms. The van der Waals surface area contributed by atoms with Gasteiger partial charge in [0, 0.05) is 39.0 Å². The standard InChI is InChI=1S/C18H29N3O/c1-22-17-8-4-2-3-7-16(17)19-13-15-9-10-18(20-14-15)21-11-5-6-12-21/h9-10,14,16-17,19H,2-8,11-13H2,1H3/t16-,17+/m0/s1. The Morgan fingerprint density at radius 2 is 1.95 bits per heavy atom. The van der Waals surface area contributed by atoms with E-state index in [4.69, 9.17) is 4.74 Å². The summed E-state index contributed by atoms with van der Waals surface area (Å²) in [4.78, 5) is 7.02. The summed E-state index contributed by atoms with van der Waals surface area (Å²) >= 11 is 0. The van der Waals surface area contributed by atoms with Crippen molar-refractivity contribution >= 4 is 5.82 Å². The second-order valence-corrected chi connectivity index (χ2v) is 6.62. The van der Waals surface area contributed by atoms with E-state index in [2.05, 4.69) is 27.3 Å². The van der Waals surface area contributed by atoms with Gasteiger partial charge in [-0.15, -0.1) is 0 Å². The molecule has 1 aromatic rings. The van der Waals surface area contributed by atoms with Gasteiger partial charge in [0.2, 0.25) is 0 Å². The predicted octanol–water partition coefficient (Wildman–Crippen LogP) is 3.12. The van der Waals surface area contributed by atoms with E-state index in [1.165, 1.54) is 50.5 Å². The van der Waals surface area contributed by atoms with Gasteiger partial charge in [0.05, 0.1) is 6.10 Å². The van der Waals surface area contributed by atoms with E-state index in [0.29, 0.717) is 12.1 Å². The summed E-state index contributed by atoms with van der Waals surface area (Å²) in [5.74, 6) is 1.13. The number of rotatable bonds is 5. The van der Waals surface area contributed by atoms with Gasteiger partial charge in [-0.1, -0.05) is 25.3 Å². The second kappa shape index (κ2) is 7.93. The van der Waals surface area contributed by atoms with Gasteiger partial charge in [-0.05, 0) is 37.3 Å². The van der Waals surface area contributed by atoms with Crippen LogP contribution in [0.2, 0.25) is 0 Å². The highest BCUT2D eigenvalue weighted by molar-refractivity contribution is 5.40. The van der Waals surface area contributed by atoms with E-state index < -0.39 is 0 Å². The van der Waals surface area contributed by atoms with E-state index in [1.54, 1.807) is 0 Å². The number of hydrogen-bond acceptors (Lipinski definition) is 4. The number of aromatic nitrogens is 1. The maximum Gasteiger partial charge on any atom is 0.128 e. The Morgan fingerprint density at radius 3 is 2.68 bits per heavy atom. The molecular formula is C18H29N3O. The SMILES string of the molecule is CO[C@@H]1CCCCC[C@@H]1NCc1ccc(N2CCCC2)nc1. The molecule has 0 spiro atoms. The fourth-order valence-corrected chi connectivity index (χ4v) is 3.69. The quantitative estimate of drug-likeness (QED) is 0.848. The lowest BCUT2D eigenvalue weighted by molar-refractivity contribution is 0.0626. The van der Waals surface area contributed by atoms with Crippen molar-refractivity contribution in [1.29, 1.82) is 0 Å². The highest BCUT2D eigenvalue weighted by atomic mass is 16.5. The monoisotopic (exact) mass is 303 g/mol. The third kappa shape index (κ3) is 3.99. The van der Waals surface area contributed by atoms with Gasteiger partial charge in [-0.2, -0.15) is 0 Å². The summed E-state index contributed by atoms with van der Waals surface area (Å²) < 4.78 is 5.67. The van der Waals surface area contributed by atoms with Crippen molar-refractivity contribution in [1.82, 2.24) is 10.3 Å². The highest BCUT2D eigenvalue weighted by Gasteiger charge is 2.22.